The van der Waals surface area contributed by atoms with Crippen molar-refractivity contribution >= 4 is 11.5 Å². The summed E-state index contributed by atoms with van der Waals surface area (Å²) < 4.78 is 1.47. The predicted molar refractivity (Wildman–Crippen MR) is 64.2 cm³/mol. The first kappa shape index (κ1) is 10.3. The zero-order chi connectivity index (χ0) is 12.0. The van der Waals surface area contributed by atoms with Crippen LogP contribution in [-0.4, -0.2) is 25.6 Å². The lowest BCUT2D eigenvalue weighted by molar-refractivity contribution is 0.689. The maximum Gasteiger partial charge on any atom is 0.349 e. The molecule has 0 saturated heterocycles. The molecule has 1 unspecified atom stereocenters. The fourth-order valence-corrected chi connectivity index (χ4v) is 2.12. The van der Waals surface area contributed by atoms with E-state index in [9.17, 15) is 4.79 Å². The van der Waals surface area contributed by atoms with Gasteiger partial charge in [-0.1, -0.05) is 0 Å². The van der Waals surface area contributed by atoms with Crippen molar-refractivity contribution in [1.82, 2.24) is 19.6 Å². The van der Waals surface area contributed by atoms with Gasteiger partial charge in [0.15, 0.2) is 5.65 Å². The van der Waals surface area contributed by atoms with Crippen LogP contribution >= 0.6 is 0 Å². The molecule has 0 spiro atoms. The van der Waals surface area contributed by atoms with Crippen molar-refractivity contribution in [3.05, 3.63) is 22.4 Å². The number of aryl methyl sites for hydroxylation is 1. The molecule has 0 amide bonds. The van der Waals surface area contributed by atoms with Gasteiger partial charge in [-0.2, -0.15) is 5.10 Å². The van der Waals surface area contributed by atoms with E-state index < -0.39 is 0 Å². The third-order valence-corrected chi connectivity index (χ3v) is 3.27. The molecule has 90 valence electrons. The number of aromatic nitrogens is 4. The van der Waals surface area contributed by atoms with Crippen molar-refractivity contribution in [3.63, 3.8) is 0 Å². The Hall–Kier alpha value is -1.85. The van der Waals surface area contributed by atoms with Gasteiger partial charge in [0.05, 0.1) is 0 Å². The summed E-state index contributed by atoms with van der Waals surface area (Å²) in [7, 11) is 0. The lowest BCUT2D eigenvalue weighted by Crippen LogP contribution is -2.20. The van der Waals surface area contributed by atoms with Crippen LogP contribution in [0.5, 0.6) is 0 Å². The van der Waals surface area contributed by atoms with Crippen LogP contribution in [0.3, 0.4) is 0 Å². The smallest absolute Gasteiger partial charge is 0.349 e. The highest BCUT2D eigenvalue weighted by atomic mass is 16.1. The van der Waals surface area contributed by atoms with E-state index >= 15 is 0 Å². The molecule has 0 aliphatic heterocycles. The van der Waals surface area contributed by atoms with Crippen LogP contribution in [-0.2, 0) is 0 Å². The molecule has 17 heavy (non-hydrogen) atoms. The van der Waals surface area contributed by atoms with Gasteiger partial charge < -0.3 is 5.32 Å². The number of hydrogen-bond donors (Lipinski definition) is 2. The minimum atomic E-state index is -0.244. The van der Waals surface area contributed by atoms with Crippen LogP contribution in [0, 0.1) is 12.8 Å². The summed E-state index contributed by atoms with van der Waals surface area (Å²) in [5.41, 5.74) is 0.361. The third-order valence-electron chi connectivity index (χ3n) is 3.27. The number of rotatable bonds is 3. The highest BCUT2D eigenvalue weighted by Gasteiger charge is 2.28. The lowest BCUT2D eigenvalue weighted by Gasteiger charge is -2.13. The van der Waals surface area contributed by atoms with Gasteiger partial charge in [-0.15, -0.1) is 0 Å². The van der Waals surface area contributed by atoms with Crippen molar-refractivity contribution in [1.29, 1.82) is 0 Å². The lowest BCUT2D eigenvalue weighted by atomic mass is 10.2. The third kappa shape index (κ3) is 1.79. The standard InChI is InChI=1S/C11H15N5O/c1-6(8-3-4-8)12-9-5-10-14-15-11(17)16(10)7(2)13-9/h5-6,8,12H,3-4H2,1-2H3,(H,15,17). The number of hydrogen-bond acceptors (Lipinski definition) is 4. The number of aromatic amines is 1. The molecular weight excluding hydrogens is 218 g/mol. The average Bonchev–Trinajstić information content (AvgIpc) is 3.04. The molecule has 0 bridgehead atoms. The summed E-state index contributed by atoms with van der Waals surface area (Å²) in [5.74, 6) is 2.19. The second-order valence-electron chi connectivity index (χ2n) is 4.68. The van der Waals surface area contributed by atoms with Crippen molar-refractivity contribution in [2.75, 3.05) is 5.32 Å². The number of nitrogens with zero attached hydrogens (tertiary/aromatic N) is 3. The topological polar surface area (TPSA) is 75.1 Å². The molecular formula is C11H15N5O. The van der Waals surface area contributed by atoms with Gasteiger partial charge in [-0.3, -0.25) is 0 Å². The Labute approximate surface area is 98.1 Å². The molecule has 2 heterocycles. The van der Waals surface area contributed by atoms with Gasteiger partial charge in [0, 0.05) is 12.1 Å². The largest absolute Gasteiger partial charge is 0.367 e. The van der Waals surface area contributed by atoms with Gasteiger partial charge in [0.2, 0.25) is 0 Å². The van der Waals surface area contributed by atoms with Gasteiger partial charge in [0.25, 0.3) is 0 Å². The Morgan fingerprint density at radius 3 is 3.06 bits per heavy atom. The van der Waals surface area contributed by atoms with Crippen molar-refractivity contribution < 1.29 is 0 Å². The molecule has 3 rings (SSSR count). The first-order valence-electron chi connectivity index (χ1n) is 5.86. The predicted octanol–water partition coefficient (Wildman–Crippen LogP) is 0.936. The Balaban J connectivity index is 1.97. The quantitative estimate of drug-likeness (QED) is 0.827. The van der Waals surface area contributed by atoms with Crippen LogP contribution in [0.4, 0.5) is 5.82 Å². The monoisotopic (exact) mass is 233 g/mol. The van der Waals surface area contributed by atoms with Gasteiger partial charge in [-0.05, 0) is 32.6 Å². The Morgan fingerprint density at radius 2 is 2.35 bits per heavy atom. The van der Waals surface area contributed by atoms with E-state index in [-0.39, 0.29) is 5.69 Å². The van der Waals surface area contributed by atoms with E-state index in [0.717, 1.165) is 11.7 Å². The zero-order valence-corrected chi connectivity index (χ0v) is 9.90. The molecule has 1 atom stereocenters. The van der Waals surface area contributed by atoms with Crippen LogP contribution in [0.1, 0.15) is 25.6 Å². The van der Waals surface area contributed by atoms with Gasteiger partial charge >= 0.3 is 5.69 Å². The minimum absolute atomic E-state index is 0.244. The second kappa shape index (κ2) is 3.58. The van der Waals surface area contributed by atoms with E-state index in [1.54, 1.807) is 13.0 Å². The van der Waals surface area contributed by atoms with Crippen LogP contribution < -0.4 is 11.0 Å². The maximum absolute atomic E-state index is 11.4. The van der Waals surface area contributed by atoms with E-state index in [1.165, 1.54) is 17.2 Å². The molecule has 6 nitrogen and oxygen atoms in total. The molecule has 2 N–H and O–H groups in total. The van der Waals surface area contributed by atoms with E-state index in [0.29, 0.717) is 17.5 Å². The molecule has 1 aliphatic carbocycles. The molecule has 1 saturated carbocycles. The maximum atomic E-state index is 11.4. The normalized spacial score (nSPS) is 17.3. The van der Waals surface area contributed by atoms with E-state index in [4.69, 9.17) is 0 Å². The SMILES string of the molecule is Cc1nc(NC(C)C2CC2)cc2n[nH]c(=O)n12. The summed E-state index contributed by atoms with van der Waals surface area (Å²) in [6.45, 7) is 3.96. The number of anilines is 1. The van der Waals surface area contributed by atoms with E-state index in [1.807, 2.05) is 0 Å². The molecule has 6 heteroatoms. The van der Waals surface area contributed by atoms with Gasteiger partial charge in [-0.25, -0.2) is 19.3 Å². The number of fused-ring (bicyclic) bond motifs is 1. The second-order valence-corrected chi connectivity index (χ2v) is 4.68. The summed E-state index contributed by atoms with van der Waals surface area (Å²) in [5, 5.41) is 9.74. The van der Waals surface area contributed by atoms with Crippen molar-refractivity contribution in [3.8, 4) is 0 Å². The first-order valence-corrected chi connectivity index (χ1v) is 5.86. The summed E-state index contributed by atoms with van der Waals surface area (Å²) in [4.78, 5) is 15.8. The van der Waals surface area contributed by atoms with Crippen LogP contribution in [0.15, 0.2) is 10.9 Å². The summed E-state index contributed by atoms with van der Waals surface area (Å²) in [6.07, 6.45) is 2.58. The van der Waals surface area contributed by atoms with Crippen molar-refractivity contribution in [2.24, 2.45) is 5.92 Å². The molecule has 2 aromatic rings. The number of H-pyrrole nitrogens is 1. The molecule has 1 aliphatic rings. The Morgan fingerprint density at radius 1 is 1.59 bits per heavy atom. The number of nitrogens with one attached hydrogen (secondary N) is 2. The first-order chi connectivity index (χ1) is 8.15. The molecule has 1 fully saturated rings. The fourth-order valence-electron chi connectivity index (χ4n) is 2.12. The van der Waals surface area contributed by atoms with Crippen LogP contribution in [0.2, 0.25) is 0 Å². The van der Waals surface area contributed by atoms with Crippen LogP contribution in [0.25, 0.3) is 5.65 Å². The average molecular weight is 233 g/mol. The van der Waals surface area contributed by atoms with Gasteiger partial charge in [0.1, 0.15) is 11.6 Å². The Kier molecular flexibility index (Phi) is 2.17. The summed E-state index contributed by atoms with van der Waals surface area (Å²) in [6, 6.07) is 2.22. The minimum Gasteiger partial charge on any atom is -0.367 e. The molecule has 2 aromatic heterocycles. The highest BCUT2D eigenvalue weighted by Crippen LogP contribution is 2.33. The Bertz CT molecular complexity index is 610. The zero-order valence-electron chi connectivity index (χ0n) is 9.90. The summed E-state index contributed by atoms with van der Waals surface area (Å²) >= 11 is 0. The fraction of sp³-hybridized carbons (Fsp3) is 0.545. The molecule has 0 aromatic carbocycles. The van der Waals surface area contributed by atoms with E-state index in [2.05, 4.69) is 27.4 Å². The molecule has 0 radical (unpaired) electrons. The highest BCUT2D eigenvalue weighted by molar-refractivity contribution is 5.50. The van der Waals surface area contributed by atoms with Crippen molar-refractivity contribution in [2.45, 2.75) is 32.7 Å².